The maximum absolute atomic E-state index is 10.4. The molecule has 0 radical (unpaired) electrons. The molecule has 0 aliphatic carbocycles. The molecule has 2 rings (SSSR count). The standard InChI is InChI=1S/C9H6N2O3/c12-7-2-3-8-6(5-7)1-4-9(10-8)11(13)14/h1-5,12H. The lowest BCUT2D eigenvalue weighted by Gasteiger charge is -1.95. The highest BCUT2D eigenvalue weighted by Crippen LogP contribution is 2.20. The summed E-state index contributed by atoms with van der Waals surface area (Å²) in [5.74, 6) is -0.0728. The second kappa shape index (κ2) is 2.95. The lowest BCUT2D eigenvalue weighted by atomic mass is 10.2. The van der Waals surface area contributed by atoms with Crippen LogP contribution in [0.3, 0.4) is 0 Å². The van der Waals surface area contributed by atoms with Crippen molar-refractivity contribution in [3.8, 4) is 5.75 Å². The first-order valence-electron chi connectivity index (χ1n) is 3.91. The number of pyridine rings is 1. The minimum Gasteiger partial charge on any atom is -0.508 e. The molecule has 0 aliphatic heterocycles. The van der Waals surface area contributed by atoms with Crippen LogP contribution < -0.4 is 0 Å². The van der Waals surface area contributed by atoms with Crippen molar-refractivity contribution in [2.75, 3.05) is 0 Å². The molecule has 70 valence electrons. The van der Waals surface area contributed by atoms with Gasteiger partial charge in [0.25, 0.3) is 0 Å². The van der Waals surface area contributed by atoms with Gasteiger partial charge in [-0.05, 0) is 34.2 Å². The third-order valence-corrected chi connectivity index (χ3v) is 1.85. The van der Waals surface area contributed by atoms with Gasteiger partial charge in [-0.25, -0.2) is 0 Å². The summed E-state index contributed by atoms with van der Waals surface area (Å²) in [6, 6.07) is 7.35. The van der Waals surface area contributed by atoms with Crippen LogP contribution in [0.5, 0.6) is 5.75 Å². The number of nitro groups is 1. The van der Waals surface area contributed by atoms with E-state index in [0.717, 1.165) is 0 Å². The Labute approximate surface area is 78.8 Å². The van der Waals surface area contributed by atoms with Crippen molar-refractivity contribution in [1.29, 1.82) is 0 Å². The number of aromatic nitrogens is 1. The van der Waals surface area contributed by atoms with E-state index in [0.29, 0.717) is 10.9 Å². The Kier molecular flexibility index (Phi) is 1.78. The predicted molar refractivity (Wildman–Crippen MR) is 50.1 cm³/mol. The van der Waals surface area contributed by atoms with Crippen LogP contribution in [0.15, 0.2) is 30.3 Å². The number of benzene rings is 1. The van der Waals surface area contributed by atoms with Crippen molar-refractivity contribution in [1.82, 2.24) is 4.98 Å². The number of hydrogen-bond acceptors (Lipinski definition) is 4. The first kappa shape index (κ1) is 8.43. The molecule has 0 amide bonds. The van der Waals surface area contributed by atoms with Gasteiger partial charge in [0.15, 0.2) is 5.52 Å². The van der Waals surface area contributed by atoms with Gasteiger partial charge in [-0.2, -0.15) is 0 Å². The first-order valence-corrected chi connectivity index (χ1v) is 3.91. The van der Waals surface area contributed by atoms with Crippen molar-refractivity contribution in [2.45, 2.75) is 0 Å². The van der Waals surface area contributed by atoms with E-state index in [4.69, 9.17) is 5.11 Å². The largest absolute Gasteiger partial charge is 0.508 e. The zero-order valence-electron chi connectivity index (χ0n) is 7.04. The molecule has 1 heterocycles. The van der Waals surface area contributed by atoms with Gasteiger partial charge >= 0.3 is 5.82 Å². The third kappa shape index (κ3) is 1.35. The van der Waals surface area contributed by atoms with Crippen molar-refractivity contribution in [2.24, 2.45) is 0 Å². The second-order valence-electron chi connectivity index (χ2n) is 2.80. The van der Waals surface area contributed by atoms with Gasteiger partial charge < -0.3 is 15.2 Å². The number of aromatic hydroxyl groups is 1. The van der Waals surface area contributed by atoms with E-state index in [-0.39, 0.29) is 11.6 Å². The molecule has 14 heavy (non-hydrogen) atoms. The highest BCUT2D eigenvalue weighted by atomic mass is 16.6. The predicted octanol–water partition coefficient (Wildman–Crippen LogP) is 1.85. The van der Waals surface area contributed by atoms with Crippen LogP contribution >= 0.6 is 0 Å². The number of hydrogen-bond donors (Lipinski definition) is 1. The Hall–Kier alpha value is -2.17. The van der Waals surface area contributed by atoms with E-state index >= 15 is 0 Å². The average Bonchev–Trinajstić information content (AvgIpc) is 2.16. The first-order chi connectivity index (χ1) is 6.66. The topological polar surface area (TPSA) is 76.3 Å². The summed E-state index contributed by atoms with van der Waals surface area (Å²) in [4.78, 5) is 13.7. The fraction of sp³-hybridized carbons (Fsp3) is 0. The van der Waals surface area contributed by atoms with Crippen molar-refractivity contribution >= 4 is 16.7 Å². The molecule has 0 atom stereocenters. The monoisotopic (exact) mass is 190 g/mol. The summed E-state index contributed by atoms with van der Waals surface area (Å²) < 4.78 is 0. The molecule has 0 bridgehead atoms. The number of phenolic OH excluding ortho intramolecular Hbond substituents is 1. The van der Waals surface area contributed by atoms with Crippen LogP contribution in [0.1, 0.15) is 0 Å². The van der Waals surface area contributed by atoms with Crippen molar-refractivity contribution in [3.63, 3.8) is 0 Å². The smallest absolute Gasteiger partial charge is 0.364 e. The van der Waals surface area contributed by atoms with Crippen molar-refractivity contribution in [3.05, 3.63) is 40.4 Å². The van der Waals surface area contributed by atoms with E-state index < -0.39 is 4.92 Å². The Bertz CT molecular complexity index is 510. The molecule has 0 spiro atoms. The molecule has 0 saturated heterocycles. The molecule has 0 saturated carbocycles. The van der Waals surface area contributed by atoms with E-state index in [9.17, 15) is 10.1 Å². The van der Waals surface area contributed by atoms with Gasteiger partial charge in [-0.15, -0.1) is 0 Å². The molecule has 1 aromatic heterocycles. The summed E-state index contributed by atoms with van der Waals surface area (Å²) in [5, 5.41) is 20.2. The van der Waals surface area contributed by atoms with Gasteiger partial charge in [0.05, 0.1) is 0 Å². The van der Waals surface area contributed by atoms with Gasteiger partial charge in [0, 0.05) is 11.5 Å². The summed E-state index contributed by atoms with van der Waals surface area (Å²) >= 11 is 0. The number of fused-ring (bicyclic) bond motifs is 1. The Morgan fingerprint density at radius 3 is 2.79 bits per heavy atom. The van der Waals surface area contributed by atoms with Gasteiger partial charge in [0.2, 0.25) is 0 Å². The molecule has 1 N–H and O–H groups in total. The summed E-state index contributed by atoms with van der Waals surface area (Å²) in [6.45, 7) is 0. The van der Waals surface area contributed by atoms with E-state index in [1.54, 1.807) is 6.07 Å². The van der Waals surface area contributed by atoms with E-state index in [2.05, 4.69) is 4.98 Å². The molecule has 5 heteroatoms. The molecule has 2 aromatic rings. The molecular weight excluding hydrogens is 184 g/mol. The zero-order chi connectivity index (χ0) is 10.1. The lowest BCUT2D eigenvalue weighted by Crippen LogP contribution is -1.91. The highest BCUT2D eigenvalue weighted by Gasteiger charge is 2.08. The van der Waals surface area contributed by atoms with Gasteiger partial charge in [0.1, 0.15) is 5.75 Å². The number of nitrogens with zero attached hydrogens (tertiary/aromatic N) is 2. The molecule has 1 aromatic carbocycles. The number of rotatable bonds is 1. The molecule has 5 nitrogen and oxygen atoms in total. The van der Waals surface area contributed by atoms with E-state index in [1.807, 2.05) is 0 Å². The maximum atomic E-state index is 10.4. The zero-order valence-corrected chi connectivity index (χ0v) is 7.04. The van der Waals surface area contributed by atoms with Gasteiger partial charge in [-0.1, -0.05) is 0 Å². The number of phenols is 1. The fourth-order valence-corrected chi connectivity index (χ4v) is 1.20. The quantitative estimate of drug-likeness (QED) is 0.549. The maximum Gasteiger partial charge on any atom is 0.364 e. The highest BCUT2D eigenvalue weighted by molar-refractivity contribution is 5.80. The lowest BCUT2D eigenvalue weighted by molar-refractivity contribution is -0.389. The Morgan fingerprint density at radius 1 is 1.29 bits per heavy atom. The van der Waals surface area contributed by atoms with Crippen molar-refractivity contribution < 1.29 is 10.0 Å². The molecule has 0 unspecified atom stereocenters. The van der Waals surface area contributed by atoms with Crippen LogP contribution in [-0.4, -0.2) is 15.0 Å². The Morgan fingerprint density at radius 2 is 2.07 bits per heavy atom. The van der Waals surface area contributed by atoms with Crippen LogP contribution in [0.25, 0.3) is 10.9 Å². The normalized spacial score (nSPS) is 10.3. The Balaban J connectivity index is 2.67. The summed E-state index contributed by atoms with van der Waals surface area (Å²) in [5.41, 5.74) is 0.497. The van der Waals surface area contributed by atoms with Crippen LogP contribution in [-0.2, 0) is 0 Å². The average molecular weight is 190 g/mol. The molecule has 0 fully saturated rings. The SMILES string of the molecule is O=[N+]([O-])c1ccc2cc(O)ccc2n1. The second-order valence-corrected chi connectivity index (χ2v) is 2.80. The van der Waals surface area contributed by atoms with Crippen LogP contribution in [0.2, 0.25) is 0 Å². The molecular formula is C9H6N2O3. The molecule has 0 aliphatic rings. The van der Waals surface area contributed by atoms with Crippen LogP contribution in [0.4, 0.5) is 5.82 Å². The fourth-order valence-electron chi connectivity index (χ4n) is 1.20. The van der Waals surface area contributed by atoms with E-state index in [1.165, 1.54) is 24.3 Å². The van der Waals surface area contributed by atoms with Crippen LogP contribution in [0, 0.1) is 10.1 Å². The minimum absolute atomic E-state index is 0.119. The summed E-state index contributed by atoms with van der Waals surface area (Å²) in [7, 11) is 0. The minimum atomic E-state index is -0.549. The third-order valence-electron chi connectivity index (χ3n) is 1.85. The summed E-state index contributed by atoms with van der Waals surface area (Å²) in [6.07, 6.45) is 0. The van der Waals surface area contributed by atoms with Gasteiger partial charge in [-0.3, -0.25) is 0 Å².